The first-order valence-corrected chi connectivity index (χ1v) is 8.16. The third-order valence-corrected chi connectivity index (χ3v) is 5.16. The molecule has 2 aliphatic rings. The van der Waals surface area contributed by atoms with E-state index in [4.69, 9.17) is 0 Å². The van der Waals surface area contributed by atoms with Crippen molar-refractivity contribution < 1.29 is 5.11 Å². The standard InChI is InChI=1S/C16H23N5O/c1-17-15-12-3-6-21(16(12)19-10-18-15)13-7-11(8-14(13)22)9-20-4-2-5-20/h3,6,10-11,13-14,22H,2,4-5,7-9H2,1H3,(H,17,18,19)/t11?,13?,14-/m1/s1. The highest BCUT2D eigenvalue weighted by molar-refractivity contribution is 5.87. The SMILES string of the molecule is CNc1ncnc2c1ccn2C1CC(CN2CCC2)C[C@H]1O. The lowest BCUT2D eigenvalue weighted by molar-refractivity contribution is 0.126. The fourth-order valence-electron chi connectivity index (χ4n) is 3.91. The second-order valence-electron chi connectivity index (χ2n) is 6.56. The molecule has 0 spiro atoms. The molecule has 0 aromatic carbocycles. The molecule has 4 rings (SSSR count). The van der Waals surface area contributed by atoms with Gasteiger partial charge in [-0.25, -0.2) is 9.97 Å². The Morgan fingerprint density at radius 1 is 1.32 bits per heavy atom. The minimum absolute atomic E-state index is 0.128. The van der Waals surface area contributed by atoms with E-state index in [9.17, 15) is 5.11 Å². The molecular weight excluding hydrogens is 278 g/mol. The van der Waals surface area contributed by atoms with Crippen LogP contribution in [0, 0.1) is 5.92 Å². The minimum Gasteiger partial charge on any atom is -0.391 e. The summed E-state index contributed by atoms with van der Waals surface area (Å²) in [5.41, 5.74) is 0.910. The molecule has 6 heteroatoms. The first kappa shape index (κ1) is 14.0. The van der Waals surface area contributed by atoms with E-state index in [-0.39, 0.29) is 12.1 Å². The number of nitrogens with one attached hydrogen (secondary N) is 1. The van der Waals surface area contributed by atoms with Gasteiger partial charge in [0.15, 0.2) is 0 Å². The maximum Gasteiger partial charge on any atom is 0.145 e. The Labute approximate surface area is 130 Å². The Hall–Kier alpha value is -1.66. The summed E-state index contributed by atoms with van der Waals surface area (Å²) in [6.07, 6.45) is 6.59. The molecule has 1 saturated heterocycles. The van der Waals surface area contributed by atoms with Gasteiger partial charge in [0, 0.05) is 19.8 Å². The van der Waals surface area contributed by atoms with Crippen molar-refractivity contribution in [1.82, 2.24) is 19.4 Å². The van der Waals surface area contributed by atoms with Gasteiger partial charge in [-0.2, -0.15) is 0 Å². The molecule has 1 saturated carbocycles. The van der Waals surface area contributed by atoms with Crippen LogP contribution < -0.4 is 5.32 Å². The van der Waals surface area contributed by atoms with Crippen LogP contribution >= 0.6 is 0 Å². The summed E-state index contributed by atoms with van der Waals surface area (Å²) in [5.74, 6) is 1.43. The average Bonchev–Trinajstić information content (AvgIpc) is 3.05. The van der Waals surface area contributed by atoms with Gasteiger partial charge in [-0.05, 0) is 44.3 Å². The summed E-state index contributed by atoms with van der Waals surface area (Å²) in [7, 11) is 1.87. The molecule has 2 unspecified atom stereocenters. The van der Waals surface area contributed by atoms with Crippen molar-refractivity contribution in [2.45, 2.75) is 31.4 Å². The van der Waals surface area contributed by atoms with Gasteiger partial charge in [-0.15, -0.1) is 0 Å². The first-order valence-electron chi connectivity index (χ1n) is 8.16. The van der Waals surface area contributed by atoms with Gasteiger partial charge in [0.25, 0.3) is 0 Å². The molecule has 1 aliphatic heterocycles. The lowest BCUT2D eigenvalue weighted by Crippen LogP contribution is -2.40. The topological polar surface area (TPSA) is 66.2 Å². The first-order chi connectivity index (χ1) is 10.8. The van der Waals surface area contributed by atoms with E-state index in [1.165, 1.54) is 19.5 Å². The summed E-state index contributed by atoms with van der Waals surface area (Å²) < 4.78 is 2.14. The third kappa shape index (κ3) is 2.27. The molecule has 2 aromatic rings. The summed E-state index contributed by atoms with van der Waals surface area (Å²) in [6.45, 7) is 3.58. The quantitative estimate of drug-likeness (QED) is 0.895. The van der Waals surface area contributed by atoms with Crippen LogP contribution in [-0.2, 0) is 0 Å². The maximum atomic E-state index is 10.5. The van der Waals surface area contributed by atoms with E-state index in [1.807, 2.05) is 19.3 Å². The monoisotopic (exact) mass is 301 g/mol. The van der Waals surface area contributed by atoms with Crippen LogP contribution in [0.25, 0.3) is 11.0 Å². The number of aliphatic hydroxyl groups excluding tert-OH is 1. The number of likely N-dealkylation sites (tertiary alicyclic amines) is 1. The molecule has 3 heterocycles. The second-order valence-corrected chi connectivity index (χ2v) is 6.56. The summed E-state index contributed by atoms with van der Waals surface area (Å²) in [6, 6.07) is 2.17. The van der Waals surface area contributed by atoms with Gasteiger partial charge in [0.05, 0.1) is 17.5 Å². The highest BCUT2D eigenvalue weighted by atomic mass is 16.3. The second kappa shape index (κ2) is 5.52. The van der Waals surface area contributed by atoms with E-state index < -0.39 is 0 Å². The predicted molar refractivity (Wildman–Crippen MR) is 85.9 cm³/mol. The fraction of sp³-hybridized carbons (Fsp3) is 0.625. The summed E-state index contributed by atoms with van der Waals surface area (Å²) in [5, 5.41) is 14.6. The maximum absolute atomic E-state index is 10.5. The molecule has 118 valence electrons. The zero-order valence-electron chi connectivity index (χ0n) is 12.9. The van der Waals surface area contributed by atoms with E-state index in [0.717, 1.165) is 36.2 Å². The predicted octanol–water partition coefficient (Wildman–Crippen LogP) is 1.49. The van der Waals surface area contributed by atoms with Crippen molar-refractivity contribution >= 4 is 16.9 Å². The lowest BCUT2D eigenvalue weighted by Gasteiger charge is -2.33. The largest absolute Gasteiger partial charge is 0.391 e. The zero-order valence-corrected chi connectivity index (χ0v) is 12.9. The molecule has 22 heavy (non-hydrogen) atoms. The van der Waals surface area contributed by atoms with Gasteiger partial charge in [-0.1, -0.05) is 0 Å². The Morgan fingerprint density at radius 2 is 2.18 bits per heavy atom. The van der Waals surface area contributed by atoms with Gasteiger partial charge in [0.1, 0.15) is 17.8 Å². The molecule has 1 aliphatic carbocycles. The zero-order chi connectivity index (χ0) is 15.1. The molecule has 0 radical (unpaired) electrons. The van der Waals surface area contributed by atoms with Crippen molar-refractivity contribution in [2.24, 2.45) is 5.92 Å². The van der Waals surface area contributed by atoms with Gasteiger partial charge < -0.3 is 19.9 Å². The number of aromatic nitrogens is 3. The van der Waals surface area contributed by atoms with E-state index in [2.05, 4.69) is 24.8 Å². The average molecular weight is 301 g/mol. The highest BCUT2D eigenvalue weighted by Crippen LogP contribution is 2.38. The van der Waals surface area contributed by atoms with Crippen molar-refractivity contribution in [3.63, 3.8) is 0 Å². The fourth-order valence-corrected chi connectivity index (χ4v) is 3.91. The van der Waals surface area contributed by atoms with Crippen LogP contribution in [0.4, 0.5) is 5.82 Å². The number of hydrogen-bond acceptors (Lipinski definition) is 5. The molecule has 6 nitrogen and oxygen atoms in total. The Morgan fingerprint density at radius 3 is 2.91 bits per heavy atom. The van der Waals surface area contributed by atoms with Crippen LogP contribution in [0.15, 0.2) is 18.6 Å². The van der Waals surface area contributed by atoms with E-state index in [0.29, 0.717) is 5.92 Å². The highest BCUT2D eigenvalue weighted by Gasteiger charge is 2.36. The summed E-state index contributed by atoms with van der Waals surface area (Å²) >= 11 is 0. The lowest BCUT2D eigenvalue weighted by atomic mass is 10.0. The molecular formula is C16H23N5O. The van der Waals surface area contributed by atoms with Crippen molar-refractivity contribution in [3.8, 4) is 0 Å². The molecule has 2 N–H and O–H groups in total. The van der Waals surface area contributed by atoms with Crippen molar-refractivity contribution in [1.29, 1.82) is 0 Å². The van der Waals surface area contributed by atoms with Crippen molar-refractivity contribution in [2.75, 3.05) is 32.0 Å². The number of fused-ring (bicyclic) bond motifs is 1. The minimum atomic E-state index is -0.283. The molecule has 3 atom stereocenters. The van der Waals surface area contributed by atoms with Gasteiger partial charge in [-0.3, -0.25) is 0 Å². The third-order valence-electron chi connectivity index (χ3n) is 5.16. The van der Waals surface area contributed by atoms with Crippen LogP contribution in [0.5, 0.6) is 0 Å². The van der Waals surface area contributed by atoms with Crippen molar-refractivity contribution in [3.05, 3.63) is 18.6 Å². The molecule has 0 bridgehead atoms. The van der Waals surface area contributed by atoms with Crippen LogP contribution in [0.2, 0.25) is 0 Å². The van der Waals surface area contributed by atoms with Crippen LogP contribution in [0.3, 0.4) is 0 Å². The normalized spacial score (nSPS) is 28.9. The van der Waals surface area contributed by atoms with Crippen LogP contribution in [-0.4, -0.2) is 57.3 Å². The van der Waals surface area contributed by atoms with Gasteiger partial charge in [0.2, 0.25) is 0 Å². The smallest absolute Gasteiger partial charge is 0.145 e. The van der Waals surface area contributed by atoms with E-state index >= 15 is 0 Å². The summed E-state index contributed by atoms with van der Waals surface area (Å²) in [4.78, 5) is 11.2. The molecule has 2 fully saturated rings. The number of nitrogens with zero attached hydrogens (tertiary/aromatic N) is 4. The van der Waals surface area contributed by atoms with Crippen LogP contribution in [0.1, 0.15) is 25.3 Å². The Bertz CT molecular complexity index is 666. The number of hydrogen-bond donors (Lipinski definition) is 2. The van der Waals surface area contributed by atoms with Gasteiger partial charge >= 0.3 is 0 Å². The number of aliphatic hydroxyl groups is 1. The Balaban J connectivity index is 1.58. The molecule has 2 aromatic heterocycles. The molecule has 0 amide bonds. The Kier molecular flexibility index (Phi) is 3.50. The number of anilines is 1. The number of rotatable bonds is 4. The van der Waals surface area contributed by atoms with E-state index in [1.54, 1.807) is 6.33 Å².